The van der Waals surface area contributed by atoms with Gasteiger partial charge in [0, 0.05) is 17.7 Å². The molecule has 0 atom stereocenters. The predicted octanol–water partition coefficient (Wildman–Crippen LogP) is 3.33. The zero-order valence-corrected chi connectivity index (χ0v) is 14.2. The maximum absolute atomic E-state index is 6.23. The molecule has 4 rings (SSSR count). The van der Waals surface area contributed by atoms with Gasteiger partial charge in [-0.1, -0.05) is 17.7 Å². The van der Waals surface area contributed by atoms with Gasteiger partial charge in [0.2, 0.25) is 0 Å². The Balaban J connectivity index is 2.02. The van der Waals surface area contributed by atoms with Crippen LogP contribution in [0.4, 0.5) is 0 Å². The molecular formula is C17H16ClN5O. The summed E-state index contributed by atoms with van der Waals surface area (Å²) in [4.78, 5) is 4.54. The Bertz CT molecular complexity index is 941. The number of methoxy groups -OCH3 is 1. The molecule has 0 bridgehead atoms. The van der Waals surface area contributed by atoms with Crippen LogP contribution in [0.2, 0.25) is 5.02 Å². The van der Waals surface area contributed by atoms with E-state index in [9.17, 15) is 0 Å². The lowest BCUT2D eigenvalue weighted by Gasteiger charge is -2.08. The van der Waals surface area contributed by atoms with Gasteiger partial charge in [-0.3, -0.25) is 0 Å². The number of rotatable bonds is 3. The number of aromatic nitrogens is 5. The third kappa shape index (κ3) is 2.26. The van der Waals surface area contributed by atoms with Crippen molar-refractivity contribution in [2.45, 2.75) is 20.1 Å². The number of allylic oxidation sites excluding steroid dienone is 1. The number of fused-ring (bicyclic) bond motifs is 5. The molecule has 0 N–H and O–H groups in total. The van der Waals surface area contributed by atoms with Gasteiger partial charge < -0.3 is 13.9 Å². The summed E-state index contributed by atoms with van der Waals surface area (Å²) in [7, 11) is 1.65. The van der Waals surface area contributed by atoms with Crippen molar-refractivity contribution in [3.8, 4) is 17.1 Å². The third-order valence-corrected chi connectivity index (χ3v) is 4.33. The standard InChI is InChI=1S/C17H16ClN5O/c1-3-4-13-15-8-22-16(9-24-2)20-21-17(22)12-7-11(18)5-6-14(12)23(15)10-19-13/h3-7,10H,8-9H2,1-2H3/b4-3-. The number of halogens is 1. The molecule has 3 aromatic rings. The van der Waals surface area contributed by atoms with E-state index in [0.29, 0.717) is 18.2 Å². The monoisotopic (exact) mass is 341 g/mol. The first-order valence-electron chi connectivity index (χ1n) is 7.63. The Morgan fingerprint density at radius 1 is 1.33 bits per heavy atom. The minimum absolute atomic E-state index is 0.399. The predicted molar refractivity (Wildman–Crippen MR) is 92.1 cm³/mol. The Morgan fingerprint density at radius 2 is 2.21 bits per heavy atom. The molecule has 122 valence electrons. The van der Waals surface area contributed by atoms with E-state index in [1.54, 1.807) is 7.11 Å². The molecule has 1 aromatic carbocycles. The molecule has 1 aliphatic heterocycles. The normalized spacial score (nSPS) is 12.8. The summed E-state index contributed by atoms with van der Waals surface area (Å²) in [6.45, 7) is 3.00. The van der Waals surface area contributed by atoms with Crippen LogP contribution in [0.3, 0.4) is 0 Å². The minimum atomic E-state index is 0.399. The van der Waals surface area contributed by atoms with E-state index in [2.05, 4.69) is 24.3 Å². The first-order chi connectivity index (χ1) is 11.7. The number of benzene rings is 1. The molecule has 0 spiro atoms. The van der Waals surface area contributed by atoms with E-state index in [0.717, 1.165) is 34.3 Å². The summed E-state index contributed by atoms with van der Waals surface area (Å²) >= 11 is 6.23. The average molecular weight is 342 g/mol. The second-order valence-corrected chi connectivity index (χ2v) is 6.00. The van der Waals surface area contributed by atoms with Crippen molar-refractivity contribution in [2.24, 2.45) is 0 Å². The van der Waals surface area contributed by atoms with Crippen LogP contribution in [0, 0.1) is 0 Å². The fraction of sp³-hybridized carbons (Fsp3) is 0.235. The molecule has 7 heteroatoms. The van der Waals surface area contributed by atoms with Crippen LogP contribution in [0.25, 0.3) is 23.2 Å². The second-order valence-electron chi connectivity index (χ2n) is 5.57. The van der Waals surface area contributed by atoms with Gasteiger partial charge in [0.25, 0.3) is 0 Å². The summed E-state index contributed by atoms with van der Waals surface area (Å²) in [6.07, 6.45) is 5.83. The number of nitrogens with zero attached hydrogens (tertiary/aromatic N) is 5. The van der Waals surface area contributed by atoms with Gasteiger partial charge in [-0.05, 0) is 31.2 Å². The van der Waals surface area contributed by atoms with Crippen LogP contribution in [-0.2, 0) is 17.9 Å². The van der Waals surface area contributed by atoms with Crippen molar-refractivity contribution in [2.75, 3.05) is 7.11 Å². The Hall–Kier alpha value is -2.44. The lowest BCUT2D eigenvalue weighted by atomic mass is 10.1. The molecule has 0 unspecified atom stereocenters. The van der Waals surface area contributed by atoms with Gasteiger partial charge in [-0.25, -0.2) is 4.98 Å². The Labute approximate surface area is 144 Å². The number of ether oxygens (including phenoxy) is 1. The van der Waals surface area contributed by atoms with E-state index in [1.807, 2.05) is 43.6 Å². The third-order valence-electron chi connectivity index (χ3n) is 4.09. The summed E-state index contributed by atoms with van der Waals surface area (Å²) in [6, 6.07) is 5.78. The van der Waals surface area contributed by atoms with Crippen LogP contribution >= 0.6 is 11.6 Å². The van der Waals surface area contributed by atoms with Crippen molar-refractivity contribution in [1.29, 1.82) is 0 Å². The van der Waals surface area contributed by atoms with Gasteiger partial charge in [-0.2, -0.15) is 0 Å². The topological polar surface area (TPSA) is 57.8 Å². The van der Waals surface area contributed by atoms with Crippen molar-refractivity contribution in [1.82, 2.24) is 24.3 Å². The highest BCUT2D eigenvalue weighted by Crippen LogP contribution is 2.34. The molecule has 0 aliphatic carbocycles. The van der Waals surface area contributed by atoms with Gasteiger partial charge >= 0.3 is 0 Å². The summed E-state index contributed by atoms with van der Waals surface area (Å²) < 4.78 is 9.42. The molecule has 0 saturated carbocycles. The molecule has 0 fully saturated rings. The first-order valence-corrected chi connectivity index (χ1v) is 8.01. The van der Waals surface area contributed by atoms with Crippen LogP contribution < -0.4 is 0 Å². The highest BCUT2D eigenvalue weighted by Gasteiger charge is 2.25. The summed E-state index contributed by atoms with van der Waals surface area (Å²) in [5.74, 6) is 1.56. The summed E-state index contributed by atoms with van der Waals surface area (Å²) in [5.41, 5.74) is 3.93. The van der Waals surface area contributed by atoms with Gasteiger partial charge in [0.1, 0.15) is 12.9 Å². The highest BCUT2D eigenvalue weighted by molar-refractivity contribution is 6.31. The van der Waals surface area contributed by atoms with Crippen LogP contribution in [0.5, 0.6) is 0 Å². The van der Waals surface area contributed by atoms with E-state index >= 15 is 0 Å². The largest absolute Gasteiger partial charge is 0.377 e. The molecule has 24 heavy (non-hydrogen) atoms. The number of hydrogen-bond donors (Lipinski definition) is 0. The lowest BCUT2D eigenvalue weighted by molar-refractivity contribution is 0.174. The van der Waals surface area contributed by atoms with E-state index < -0.39 is 0 Å². The molecule has 1 aliphatic rings. The van der Waals surface area contributed by atoms with Crippen molar-refractivity contribution < 1.29 is 4.74 Å². The minimum Gasteiger partial charge on any atom is -0.377 e. The van der Waals surface area contributed by atoms with E-state index in [1.165, 1.54) is 0 Å². The Kier molecular flexibility index (Phi) is 3.70. The molecule has 0 saturated heterocycles. The maximum Gasteiger partial charge on any atom is 0.166 e. The molecule has 0 amide bonds. The molecule has 3 heterocycles. The van der Waals surface area contributed by atoms with Gasteiger partial charge in [0.15, 0.2) is 11.6 Å². The molecule has 2 aromatic heterocycles. The number of hydrogen-bond acceptors (Lipinski definition) is 4. The molecule has 0 radical (unpaired) electrons. The fourth-order valence-electron chi connectivity index (χ4n) is 3.03. The van der Waals surface area contributed by atoms with Gasteiger partial charge in [0.05, 0.1) is 23.6 Å². The summed E-state index contributed by atoms with van der Waals surface area (Å²) in [5, 5.41) is 9.33. The average Bonchev–Trinajstić information content (AvgIpc) is 3.11. The van der Waals surface area contributed by atoms with Gasteiger partial charge in [-0.15, -0.1) is 10.2 Å². The zero-order valence-electron chi connectivity index (χ0n) is 13.4. The number of imidazole rings is 1. The van der Waals surface area contributed by atoms with Crippen molar-refractivity contribution in [3.63, 3.8) is 0 Å². The van der Waals surface area contributed by atoms with E-state index in [-0.39, 0.29) is 0 Å². The van der Waals surface area contributed by atoms with Crippen molar-refractivity contribution in [3.05, 3.63) is 52.8 Å². The maximum atomic E-state index is 6.23. The molecule has 6 nitrogen and oxygen atoms in total. The van der Waals surface area contributed by atoms with Crippen LogP contribution in [0.1, 0.15) is 24.1 Å². The Morgan fingerprint density at radius 3 is 3.00 bits per heavy atom. The zero-order chi connectivity index (χ0) is 16.7. The molecular weight excluding hydrogens is 326 g/mol. The quantitative estimate of drug-likeness (QED) is 0.573. The van der Waals surface area contributed by atoms with E-state index in [4.69, 9.17) is 16.3 Å². The smallest absolute Gasteiger partial charge is 0.166 e. The first kappa shape index (κ1) is 15.1. The fourth-order valence-corrected chi connectivity index (χ4v) is 3.21. The second kappa shape index (κ2) is 5.89. The lowest BCUT2D eigenvalue weighted by Crippen LogP contribution is -2.09. The highest BCUT2D eigenvalue weighted by atomic mass is 35.5. The van der Waals surface area contributed by atoms with Crippen LogP contribution in [0.15, 0.2) is 30.6 Å². The van der Waals surface area contributed by atoms with Crippen molar-refractivity contribution >= 4 is 17.7 Å². The van der Waals surface area contributed by atoms with Crippen LogP contribution in [-0.4, -0.2) is 31.4 Å². The SMILES string of the molecule is C/C=C\c1ncn2c1Cn1c(COC)nnc1-c1cc(Cl)ccc1-2.